The molecule has 0 radical (unpaired) electrons. The average Bonchev–Trinajstić information content (AvgIpc) is 3.86. The zero-order chi connectivity index (χ0) is 37.3. The SMILES string of the molecule is CCNC(=O)[C@@H]1CC[C@H](n2cnc3c(N)nc(NC(=O)COc4ccc(NC(=O)c5nc6c(c(=O)n(CC)c(=O)n6CC)n5C)cc4OC)nc32)O1. The average molecular weight is 719 g/mol. The van der Waals surface area contributed by atoms with Gasteiger partial charge in [-0.2, -0.15) is 9.97 Å². The fraction of sp³-hybridized carbons (Fsp3) is 0.406. The fourth-order valence-corrected chi connectivity index (χ4v) is 6.00. The number of amides is 3. The van der Waals surface area contributed by atoms with Crippen LogP contribution in [0, 0.1) is 0 Å². The van der Waals surface area contributed by atoms with Gasteiger partial charge in [-0.05, 0) is 45.7 Å². The van der Waals surface area contributed by atoms with E-state index in [4.69, 9.17) is 19.9 Å². The van der Waals surface area contributed by atoms with Crippen molar-refractivity contribution in [3.63, 3.8) is 0 Å². The highest BCUT2D eigenvalue weighted by Gasteiger charge is 2.33. The van der Waals surface area contributed by atoms with Crippen LogP contribution in [0.2, 0.25) is 0 Å². The minimum Gasteiger partial charge on any atom is -0.493 e. The fourth-order valence-electron chi connectivity index (χ4n) is 6.00. The molecule has 5 aromatic rings. The lowest BCUT2D eigenvalue weighted by atomic mass is 10.2. The summed E-state index contributed by atoms with van der Waals surface area (Å²) in [6.45, 7) is 5.72. The molecule has 4 aromatic heterocycles. The molecule has 3 amide bonds. The molecule has 1 aromatic carbocycles. The number of hydrogen-bond donors (Lipinski definition) is 4. The first-order valence-corrected chi connectivity index (χ1v) is 16.5. The number of carbonyl (C=O) groups is 3. The smallest absolute Gasteiger partial charge is 0.332 e. The summed E-state index contributed by atoms with van der Waals surface area (Å²) in [6, 6.07) is 4.52. The number of likely N-dealkylation sites (N-methyl/N-ethyl adjacent to an activating group) is 1. The van der Waals surface area contributed by atoms with E-state index in [-0.39, 0.29) is 59.3 Å². The van der Waals surface area contributed by atoms with Crippen LogP contribution in [0.3, 0.4) is 0 Å². The molecule has 0 aliphatic carbocycles. The maximum absolute atomic E-state index is 13.3. The summed E-state index contributed by atoms with van der Waals surface area (Å²) in [5.74, 6) is -1.17. The lowest BCUT2D eigenvalue weighted by Crippen LogP contribution is -2.39. The topological polar surface area (TPSA) is 246 Å². The highest BCUT2D eigenvalue weighted by atomic mass is 16.5. The quantitative estimate of drug-likeness (QED) is 0.139. The number of nitrogens with two attached hydrogens (primary N) is 1. The first-order valence-electron chi connectivity index (χ1n) is 16.5. The Kier molecular flexibility index (Phi) is 9.91. The Hall–Kier alpha value is -6.31. The summed E-state index contributed by atoms with van der Waals surface area (Å²) in [5, 5.41) is 8.04. The summed E-state index contributed by atoms with van der Waals surface area (Å²) in [4.78, 5) is 81.5. The number of ether oxygens (including phenoxy) is 3. The highest BCUT2D eigenvalue weighted by molar-refractivity contribution is 6.03. The van der Waals surface area contributed by atoms with Crippen LogP contribution < -0.4 is 42.4 Å². The van der Waals surface area contributed by atoms with Crippen molar-refractivity contribution in [2.24, 2.45) is 7.05 Å². The van der Waals surface area contributed by atoms with Crippen LogP contribution in [-0.4, -0.2) is 82.3 Å². The van der Waals surface area contributed by atoms with Crippen LogP contribution >= 0.6 is 0 Å². The maximum atomic E-state index is 13.3. The normalized spacial score (nSPS) is 15.6. The van der Waals surface area contributed by atoms with E-state index in [9.17, 15) is 24.0 Å². The number of methoxy groups -OCH3 is 1. The minimum atomic E-state index is -0.634. The second-order valence-corrected chi connectivity index (χ2v) is 11.7. The summed E-state index contributed by atoms with van der Waals surface area (Å²) < 4.78 is 22.5. The lowest BCUT2D eigenvalue weighted by molar-refractivity contribution is -0.133. The molecule has 5 N–H and O–H groups in total. The summed E-state index contributed by atoms with van der Waals surface area (Å²) in [5.41, 5.74) is 6.25. The zero-order valence-electron chi connectivity index (χ0n) is 29.1. The molecule has 1 fully saturated rings. The molecular formula is C32H38N12O8. The number of aromatic nitrogens is 8. The Labute approximate surface area is 294 Å². The number of nitrogen functional groups attached to an aromatic ring is 1. The standard InChI is InChI=1S/C32H38N12O8/c1-6-34-28(46)18-11-12-21(52-18)44-15-35-22-24(33)38-31(40-25(22)44)37-20(45)14-51-17-10-9-16(13-19(17)50-5)36-29(47)27-39-26-23(41(27)4)30(48)43(8-3)32(49)42(26)7-2/h9-10,13,15,18,21H,6-8,11-12,14H2,1-5H3,(H,34,46)(H,36,47)(H3,33,37,38,40,45)/t18-,21+/m0/s1. The number of rotatable bonds is 12. The third-order valence-electron chi connectivity index (χ3n) is 8.51. The lowest BCUT2D eigenvalue weighted by Gasteiger charge is -2.15. The van der Waals surface area contributed by atoms with Crippen molar-refractivity contribution in [3.8, 4) is 11.5 Å². The number of anilines is 3. The van der Waals surface area contributed by atoms with Crippen LogP contribution in [0.15, 0.2) is 34.1 Å². The van der Waals surface area contributed by atoms with Gasteiger partial charge in [-0.1, -0.05) is 0 Å². The van der Waals surface area contributed by atoms with Gasteiger partial charge in [0.2, 0.25) is 17.7 Å². The molecule has 274 valence electrons. The Morgan fingerprint density at radius 1 is 1.00 bits per heavy atom. The first-order chi connectivity index (χ1) is 25.0. The monoisotopic (exact) mass is 718 g/mol. The predicted molar refractivity (Wildman–Crippen MR) is 187 cm³/mol. The van der Waals surface area contributed by atoms with Crippen LogP contribution in [0.4, 0.5) is 17.5 Å². The molecule has 1 aliphatic rings. The van der Waals surface area contributed by atoms with Crippen molar-refractivity contribution in [1.82, 2.24) is 43.5 Å². The molecule has 1 aliphatic heterocycles. The summed E-state index contributed by atoms with van der Waals surface area (Å²) in [7, 11) is 2.92. The van der Waals surface area contributed by atoms with Crippen molar-refractivity contribution in [2.75, 3.05) is 36.6 Å². The third-order valence-corrected chi connectivity index (χ3v) is 8.51. The summed E-state index contributed by atoms with van der Waals surface area (Å²) in [6.07, 6.45) is 1.44. The second-order valence-electron chi connectivity index (χ2n) is 11.7. The van der Waals surface area contributed by atoms with Gasteiger partial charge in [0.25, 0.3) is 17.4 Å². The molecule has 5 heterocycles. The van der Waals surface area contributed by atoms with Crippen molar-refractivity contribution in [3.05, 3.63) is 51.2 Å². The Morgan fingerprint density at radius 3 is 2.48 bits per heavy atom. The van der Waals surface area contributed by atoms with Crippen molar-refractivity contribution in [2.45, 2.75) is 59.0 Å². The largest absolute Gasteiger partial charge is 0.493 e. The van der Waals surface area contributed by atoms with Gasteiger partial charge in [-0.15, -0.1) is 0 Å². The molecule has 20 nitrogen and oxygen atoms in total. The number of hydrogen-bond acceptors (Lipinski definition) is 13. The number of benzene rings is 1. The number of aryl methyl sites for hydroxylation is 2. The molecule has 20 heteroatoms. The van der Waals surface area contributed by atoms with Gasteiger partial charge in [0.05, 0.1) is 13.4 Å². The van der Waals surface area contributed by atoms with Crippen LogP contribution in [0.25, 0.3) is 22.3 Å². The van der Waals surface area contributed by atoms with Gasteiger partial charge in [0.1, 0.15) is 17.8 Å². The predicted octanol–water partition coefficient (Wildman–Crippen LogP) is 0.751. The van der Waals surface area contributed by atoms with E-state index in [1.807, 2.05) is 6.92 Å². The van der Waals surface area contributed by atoms with Gasteiger partial charge in [0, 0.05) is 38.4 Å². The van der Waals surface area contributed by atoms with Crippen LogP contribution in [-0.2, 0) is 34.5 Å². The molecule has 0 bridgehead atoms. The van der Waals surface area contributed by atoms with E-state index in [0.29, 0.717) is 36.2 Å². The van der Waals surface area contributed by atoms with Gasteiger partial charge >= 0.3 is 5.69 Å². The van der Waals surface area contributed by atoms with Gasteiger partial charge in [0.15, 0.2) is 40.7 Å². The van der Waals surface area contributed by atoms with Crippen molar-refractivity contribution in [1.29, 1.82) is 0 Å². The molecule has 52 heavy (non-hydrogen) atoms. The van der Waals surface area contributed by atoms with E-state index in [1.165, 1.54) is 47.8 Å². The van der Waals surface area contributed by atoms with E-state index in [2.05, 4.69) is 35.9 Å². The molecule has 0 spiro atoms. The molecule has 2 atom stereocenters. The van der Waals surface area contributed by atoms with E-state index >= 15 is 0 Å². The van der Waals surface area contributed by atoms with Gasteiger partial charge in [-0.25, -0.2) is 14.8 Å². The Bertz CT molecular complexity index is 2320. The molecule has 0 unspecified atom stereocenters. The van der Waals surface area contributed by atoms with E-state index in [1.54, 1.807) is 18.4 Å². The van der Waals surface area contributed by atoms with Crippen LogP contribution in [0.5, 0.6) is 11.5 Å². The zero-order valence-corrected chi connectivity index (χ0v) is 29.1. The minimum absolute atomic E-state index is 0.0361. The molecule has 0 saturated carbocycles. The first kappa shape index (κ1) is 35.5. The molecule has 1 saturated heterocycles. The van der Waals surface area contributed by atoms with E-state index < -0.39 is 42.0 Å². The molecule has 6 rings (SSSR count). The number of imidazole rings is 2. The van der Waals surface area contributed by atoms with Crippen molar-refractivity contribution < 1.29 is 28.6 Å². The maximum Gasteiger partial charge on any atom is 0.332 e. The van der Waals surface area contributed by atoms with Crippen LogP contribution in [0.1, 0.15) is 50.5 Å². The van der Waals surface area contributed by atoms with Gasteiger partial charge < -0.3 is 35.1 Å². The third kappa shape index (κ3) is 6.50. The number of carbonyl (C=O) groups excluding carboxylic acids is 3. The Balaban J connectivity index is 1.13. The van der Waals surface area contributed by atoms with Gasteiger partial charge in [-0.3, -0.25) is 38.2 Å². The number of fused-ring (bicyclic) bond motifs is 2. The Morgan fingerprint density at radius 2 is 1.77 bits per heavy atom. The van der Waals surface area contributed by atoms with E-state index in [0.717, 1.165) is 4.57 Å². The summed E-state index contributed by atoms with van der Waals surface area (Å²) >= 11 is 0. The second kappa shape index (κ2) is 14.5. The molecular weight excluding hydrogens is 680 g/mol. The number of nitrogens with one attached hydrogen (secondary N) is 3. The van der Waals surface area contributed by atoms with Crippen molar-refractivity contribution >= 4 is 57.5 Å². The number of nitrogens with zero attached hydrogens (tertiary/aromatic N) is 8. The highest BCUT2D eigenvalue weighted by Crippen LogP contribution is 2.32.